The first kappa shape index (κ1) is 19.6. The Hall–Kier alpha value is -0.472. The molecule has 0 amide bonds. The monoisotopic (exact) mass is 525 g/mol. The molecule has 0 bridgehead atoms. The molecule has 0 atom stereocenters. The summed E-state index contributed by atoms with van der Waals surface area (Å²) >= 11 is -6.00. The second-order valence-corrected chi connectivity index (χ2v) is 11.0. The quantitative estimate of drug-likeness (QED) is 0.256. The Morgan fingerprint density at radius 1 is 0.864 bits per heavy atom. The minimum atomic E-state index is -6.03. The third-order valence-corrected chi connectivity index (χ3v) is 7.76. The van der Waals surface area contributed by atoms with E-state index in [-0.39, 0.29) is 21.2 Å². The summed E-state index contributed by atoms with van der Waals surface area (Å²) in [7, 11) is -5.08. The van der Waals surface area contributed by atoms with E-state index in [0.29, 0.717) is 0 Å². The molecule has 0 fully saturated rings. The first-order valence-electron chi connectivity index (χ1n) is 5.65. The van der Waals surface area contributed by atoms with Crippen LogP contribution in [0.2, 0.25) is 0 Å². The predicted molar refractivity (Wildman–Crippen MR) is 67.0 cm³/mol. The van der Waals surface area contributed by atoms with E-state index in [2.05, 4.69) is 63.8 Å². The van der Waals surface area contributed by atoms with E-state index in [9.17, 15) is 11.4 Å². The van der Waals surface area contributed by atoms with Crippen molar-refractivity contribution < 1.29 is 66.0 Å². The summed E-state index contributed by atoms with van der Waals surface area (Å²) in [4.78, 5) is 15.5. The van der Waals surface area contributed by atoms with Gasteiger partial charge in [0.15, 0.2) is 7.14 Å². The standard InChI is InChI=1S/C12H10I.Mo.H3O4P.H2O.2O/c1-3-7-11(8-4-1)13-12-9-5-2-6-10-12;;1-5(2,3)4;;;/h1-10H;;(H3,1,2,3,4);1H2;;/q+1;+2;;;;/p-2. The van der Waals surface area contributed by atoms with E-state index in [1.807, 2.05) is 0 Å². The van der Waals surface area contributed by atoms with Gasteiger partial charge in [-0.15, -0.1) is 0 Å². The Bertz CT molecular complexity index is 678. The molecule has 7 nitrogen and oxygen atoms in total. The predicted octanol–water partition coefficient (Wildman–Crippen LogP) is -1.42. The van der Waals surface area contributed by atoms with Crippen molar-refractivity contribution in [2.45, 2.75) is 0 Å². The molecule has 0 spiro atoms. The number of hydrogen-bond donors (Lipinski definition) is 3. The van der Waals surface area contributed by atoms with Crippen LogP contribution in [0, 0.1) is 7.14 Å². The van der Waals surface area contributed by atoms with Crippen LogP contribution in [0.5, 0.6) is 0 Å². The molecule has 22 heavy (non-hydrogen) atoms. The Labute approximate surface area is 141 Å². The molecule has 10 heteroatoms. The number of halogens is 1. The van der Waals surface area contributed by atoms with Gasteiger partial charge in [0.2, 0.25) is 0 Å². The SMILES string of the molecule is O=P(O)(O)[O][Mo](=[O])(=[O])[OH].c1ccc([I+]c2ccccc2)cc1. The van der Waals surface area contributed by atoms with Gasteiger partial charge in [0, 0.05) is 0 Å². The molecule has 120 valence electrons. The maximum atomic E-state index is 9.61. The summed E-state index contributed by atoms with van der Waals surface area (Å²) in [5.74, 6) is 0. The van der Waals surface area contributed by atoms with Gasteiger partial charge in [-0.05, 0) is 24.3 Å². The van der Waals surface area contributed by atoms with Gasteiger partial charge in [-0.25, -0.2) is 0 Å². The molecule has 2 aromatic carbocycles. The van der Waals surface area contributed by atoms with E-state index >= 15 is 0 Å². The topological polar surface area (TPSA) is 121 Å². The van der Waals surface area contributed by atoms with Crippen molar-refractivity contribution >= 4 is 7.82 Å². The van der Waals surface area contributed by atoms with Crippen molar-refractivity contribution in [3.8, 4) is 0 Å². The van der Waals surface area contributed by atoms with Crippen molar-refractivity contribution in [2.24, 2.45) is 0 Å². The third kappa shape index (κ3) is 10.3. The van der Waals surface area contributed by atoms with Crippen LogP contribution >= 0.6 is 7.82 Å². The number of phosphoric acid groups is 1. The molecule has 0 unspecified atom stereocenters. The number of hydrogen-bond acceptors (Lipinski definition) is 4. The zero-order valence-electron chi connectivity index (χ0n) is 11.0. The van der Waals surface area contributed by atoms with Crippen LogP contribution in [-0.2, 0) is 31.3 Å². The molecule has 2 aromatic rings. The summed E-state index contributed by atoms with van der Waals surface area (Å²) < 4.78 is 42.4. The first-order chi connectivity index (χ1) is 10.2. The summed E-state index contributed by atoms with van der Waals surface area (Å²) in [6.45, 7) is 0. The molecule has 0 radical (unpaired) electrons. The van der Waals surface area contributed by atoms with Gasteiger partial charge in [-0.2, -0.15) is 0 Å². The van der Waals surface area contributed by atoms with Gasteiger partial charge >= 0.3 is 73.9 Å². The van der Waals surface area contributed by atoms with E-state index in [1.165, 1.54) is 7.14 Å². The minimum Gasteiger partial charge on any atom is -0.0619 e. The molecular weight excluding hydrogens is 510 g/mol. The maximum Gasteiger partial charge on any atom is 0.357 e. The fourth-order valence-electron chi connectivity index (χ4n) is 1.20. The van der Waals surface area contributed by atoms with Crippen LogP contribution in [0.25, 0.3) is 0 Å². The van der Waals surface area contributed by atoms with Crippen molar-refractivity contribution in [1.29, 1.82) is 0 Å². The van der Waals surface area contributed by atoms with Crippen molar-refractivity contribution in [1.82, 2.24) is 0 Å². The average Bonchev–Trinajstić information content (AvgIpc) is 2.37. The molecular formula is C12H13IMoO7P+. The fraction of sp³-hybridized carbons (Fsp3) is 0. The van der Waals surface area contributed by atoms with Crippen LogP contribution in [-0.4, -0.2) is 13.5 Å². The zero-order valence-corrected chi connectivity index (χ0v) is 16.0. The van der Waals surface area contributed by atoms with E-state index < -0.39 is 24.6 Å². The zero-order chi connectivity index (χ0) is 16.6. The summed E-state index contributed by atoms with van der Waals surface area (Å²) in [6.07, 6.45) is 0. The molecule has 0 saturated heterocycles. The van der Waals surface area contributed by atoms with Crippen LogP contribution in [0.3, 0.4) is 0 Å². The second kappa shape index (κ2) is 8.98. The largest absolute Gasteiger partial charge is 0.357 e. The van der Waals surface area contributed by atoms with Crippen LogP contribution in [0.15, 0.2) is 60.7 Å². The normalized spacial score (nSPS) is 11.4. The van der Waals surface area contributed by atoms with E-state index in [0.717, 1.165) is 0 Å². The maximum absolute atomic E-state index is 9.61. The van der Waals surface area contributed by atoms with Crippen LogP contribution in [0.4, 0.5) is 0 Å². The molecule has 0 aliphatic heterocycles. The van der Waals surface area contributed by atoms with Crippen molar-refractivity contribution in [2.75, 3.05) is 0 Å². The summed E-state index contributed by atoms with van der Waals surface area (Å²) in [5, 5.41) is 0. The van der Waals surface area contributed by atoms with Crippen molar-refractivity contribution in [3.63, 3.8) is 0 Å². The smallest absolute Gasteiger partial charge is 0.0619 e. The molecule has 2 rings (SSSR count). The molecule has 0 heterocycles. The van der Waals surface area contributed by atoms with Gasteiger partial charge in [-0.3, -0.25) is 0 Å². The van der Waals surface area contributed by atoms with Gasteiger partial charge in [-0.1, -0.05) is 36.4 Å². The summed E-state index contributed by atoms with van der Waals surface area (Å²) in [6, 6.07) is 21.4. The van der Waals surface area contributed by atoms with Gasteiger partial charge < -0.3 is 0 Å². The van der Waals surface area contributed by atoms with Gasteiger partial charge in [0.05, 0.1) is 0 Å². The number of benzene rings is 2. The van der Waals surface area contributed by atoms with E-state index in [1.54, 1.807) is 0 Å². The minimum absolute atomic E-state index is 0.0287. The molecule has 3 N–H and O–H groups in total. The Morgan fingerprint density at radius 2 is 1.23 bits per heavy atom. The van der Waals surface area contributed by atoms with Gasteiger partial charge in [0.1, 0.15) is 0 Å². The fourth-order valence-corrected chi connectivity index (χ4v) is 5.53. The average molecular weight is 523 g/mol. The first-order valence-corrected chi connectivity index (χ1v) is 12.7. The molecule has 0 saturated carbocycles. The Balaban J connectivity index is 0.000000239. The Kier molecular flexibility index (Phi) is 7.99. The van der Waals surface area contributed by atoms with Gasteiger partial charge in [0.25, 0.3) is 0 Å². The second-order valence-electron chi connectivity index (χ2n) is 3.68. The molecule has 0 aliphatic carbocycles. The van der Waals surface area contributed by atoms with Crippen molar-refractivity contribution in [3.05, 3.63) is 67.8 Å². The summed E-state index contributed by atoms with van der Waals surface area (Å²) in [5.41, 5.74) is 0. The molecule has 0 aromatic heterocycles. The Morgan fingerprint density at radius 3 is 1.45 bits per heavy atom. The molecule has 0 aliphatic rings. The third-order valence-electron chi connectivity index (χ3n) is 1.88. The van der Waals surface area contributed by atoms with Crippen LogP contribution < -0.4 is 21.2 Å². The van der Waals surface area contributed by atoms with E-state index in [4.69, 9.17) is 13.5 Å². The number of rotatable bonds is 4. The van der Waals surface area contributed by atoms with Crippen LogP contribution in [0.1, 0.15) is 0 Å².